The molecule has 0 aliphatic rings. The maximum atomic E-state index is 5.35. The summed E-state index contributed by atoms with van der Waals surface area (Å²) in [5.74, 6) is 1.84. The quantitative estimate of drug-likeness (QED) is 0.678. The van der Waals surface area contributed by atoms with Crippen LogP contribution in [0.2, 0.25) is 0 Å². The molecule has 0 amide bonds. The molecular formula is C7H8N4O. The first kappa shape index (κ1) is 7.05. The predicted molar refractivity (Wildman–Crippen MR) is 42.0 cm³/mol. The van der Waals surface area contributed by atoms with Crippen LogP contribution in [0.1, 0.15) is 5.82 Å². The Kier molecular flexibility index (Phi) is 1.64. The topological polar surface area (TPSA) is 80.7 Å². The maximum absolute atomic E-state index is 5.35. The minimum Gasteiger partial charge on any atom is -0.461 e. The van der Waals surface area contributed by atoms with Crippen LogP contribution in [0.25, 0.3) is 11.6 Å². The molecule has 5 heteroatoms. The number of nitrogens with one attached hydrogen (secondary N) is 1. The van der Waals surface area contributed by atoms with E-state index in [0.29, 0.717) is 24.0 Å². The summed E-state index contributed by atoms with van der Waals surface area (Å²) in [5, 5.41) is 6.62. The van der Waals surface area contributed by atoms with Crippen LogP contribution in [-0.2, 0) is 6.54 Å². The van der Waals surface area contributed by atoms with E-state index in [1.54, 1.807) is 18.4 Å². The van der Waals surface area contributed by atoms with Crippen molar-refractivity contribution in [2.75, 3.05) is 0 Å². The van der Waals surface area contributed by atoms with E-state index in [4.69, 9.17) is 10.2 Å². The fourth-order valence-electron chi connectivity index (χ4n) is 0.903. The number of aromatic amines is 1. The smallest absolute Gasteiger partial charge is 0.216 e. The summed E-state index contributed by atoms with van der Waals surface area (Å²) in [5.41, 5.74) is 5.35. The van der Waals surface area contributed by atoms with Crippen molar-refractivity contribution in [3.63, 3.8) is 0 Å². The van der Waals surface area contributed by atoms with Gasteiger partial charge in [-0.1, -0.05) is 0 Å². The molecule has 0 aromatic carbocycles. The minimum absolute atomic E-state index is 0.355. The third-order valence-electron chi connectivity index (χ3n) is 1.47. The number of nitrogens with two attached hydrogens (primary N) is 1. The van der Waals surface area contributed by atoms with Gasteiger partial charge in [0.2, 0.25) is 5.82 Å². The van der Waals surface area contributed by atoms with E-state index in [-0.39, 0.29) is 0 Å². The molecule has 2 aromatic rings. The summed E-state index contributed by atoms with van der Waals surface area (Å²) in [6.07, 6.45) is 1.58. The Morgan fingerprint density at radius 2 is 2.50 bits per heavy atom. The van der Waals surface area contributed by atoms with E-state index in [1.807, 2.05) is 0 Å². The summed E-state index contributed by atoms with van der Waals surface area (Å²) in [4.78, 5) is 4.09. The standard InChI is InChI=1S/C7H8N4O/c8-4-6-9-7(11-10-6)5-2-1-3-12-5/h1-3H,4,8H2,(H,9,10,11). The largest absolute Gasteiger partial charge is 0.461 e. The second-order valence-corrected chi connectivity index (χ2v) is 2.29. The van der Waals surface area contributed by atoms with E-state index in [2.05, 4.69) is 15.2 Å². The van der Waals surface area contributed by atoms with Gasteiger partial charge in [0.1, 0.15) is 5.82 Å². The number of furan rings is 1. The van der Waals surface area contributed by atoms with Gasteiger partial charge in [-0.3, -0.25) is 5.10 Å². The number of aromatic nitrogens is 3. The van der Waals surface area contributed by atoms with Crippen LogP contribution in [0.4, 0.5) is 0 Å². The van der Waals surface area contributed by atoms with Crippen molar-refractivity contribution in [2.24, 2.45) is 5.73 Å². The Bertz CT molecular complexity index is 351. The zero-order chi connectivity index (χ0) is 8.39. The zero-order valence-corrected chi connectivity index (χ0v) is 6.32. The van der Waals surface area contributed by atoms with Gasteiger partial charge in [0.25, 0.3) is 0 Å². The van der Waals surface area contributed by atoms with Crippen LogP contribution in [0.3, 0.4) is 0 Å². The molecule has 0 saturated carbocycles. The lowest BCUT2D eigenvalue weighted by Gasteiger charge is -1.83. The first-order valence-corrected chi connectivity index (χ1v) is 3.55. The Morgan fingerprint density at radius 3 is 3.08 bits per heavy atom. The first-order chi connectivity index (χ1) is 5.90. The van der Waals surface area contributed by atoms with E-state index < -0.39 is 0 Å². The van der Waals surface area contributed by atoms with E-state index in [9.17, 15) is 0 Å². The normalized spacial score (nSPS) is 10.4. The van der Waals surface area contributed by atoms with Gasteiger partial charge in [-0.05, 0) is 12.1 Å². The fourth-order valence-corrected chi connectivity index (χ4v) is 0.903. The number of rotatable bonds is 2. The number of hydrogen-bond acceptors (Lipinski definition) is 4. The highest BCUT2D eigenvalue weighted by atomic mass is 16.3. The van der Waals surface area contributed by atoms with E-state index in [0.717, 1.165) is 0 Å². The molecule has 12 heavy (non-hydrogen) atoms. The average Bonchev–Trinajstić information content (AvgIpc) is 2.75. The first-order valence-electron chi connectivity index (χ1n) is 3.55. The lowest BCUT2D eigenvalue weighted by atomic mass is 10.4. The van der Waals surface area contributed by atoms with Gasteiger partial charge in [-0.15, -0.1) is 5.10 Å². The highest BCUT2D eigenvalue weighted by Crippen LogP contribution is 2.13. The van der Waals surface area contributed by atoms with Crippen molar-refractivity contribution in [2.45, 2.75) is 6.54 Å². The van der Waals surface area contributed by atoms with Crippen molar-refractivity contribution >= 4 is 0 Å². The molecule has 5 nitrogen and oxygen atoms in total. The molecule has 0 unspecified atom stereocenters. The van der Waals surface area contributed by atoms with Crippen LogP contribution < -0.4 is 5.73 Å². The van der Waals surface area contributed by atoms with Gasteiger partial charge in [0.15, 0.2) is 5.76 Å². The van der Waals surface area contributed by atoms with Crippen molar-refractivity contribution in [1.82, 2.24) is 15.2 Å². The van der Waals surface area contributed by atoms with Crippen molar-refractivity contribution in [3.8, 4) is 11.6 Å². The van der Waals surface area contributed by atoms with Gasteiger partial charge in [-0.25, -0.2) is 4.98 Å². The monoisotopic (exact) mass is 164 g/mol. The molecule has 2 aromatic heterocycles. The van der Waals surface area contributed by atoms with Crippen LogP contribution in [-0.4, -0.2) is 15.2 Å². The summed E-state index contributed by atoms with van der Waals surface area (Å²) < 4.78 is 5.09. The Labute approximate surface area is 68.6 Å². The van der Waals surface area contributed by atoms with Crippen LogP contribution in [0, 0.1) is 0 Å². The minimum atomic E-state index is 0.355. The van der Waals surface area contributed by atoms with Gasteiger partial charge in [0, 0.05) is 0 Å². The number of hydrogen-bond donors (Lipinski definition) is 2. The lowest BCUT2D eigenvalue weighted by molar-refractivity contribution is 0.577. The summed E-state index contributed by atoms with van der Waals surface area (Å²) in [7, 11) is 0. The molecule has 0 aliphatic carbocycles. The highest BCUT2D eigenvalue weighted by Gasteiger charge is 2.05. The Morgan fingerprint density at radius 1 is 1.58 bits per heavy atom. The third kappa shape index (κ3) is 1.10. The highest BCUT2D eigenvalue weighted by molar-refractivity contribution is 5.45. The SMILES string of the molecule is NCc1nc(-c2ccco2)n[nH]1. The van der Waals surface area contributed by atoms with Gasteiger partial charge < -0.3 is 10.2 Å². The maximum Gasteiger partial charge on any atom is 0.216 e. The molecule has 0 spiro atoms. The van der Waals surface area contributed by atoms with E-state index in [1.165, 1.54) is 0 Å². The number of H-pyrrole nitrogens is 1. The molecule has 62 valence electrons. The molecule has 0 atom stereocenters. The van der Waals surface area contributed by atoms with Gasteiger partial charge >= 0.3 is 0 Å². The molecule has 0 bridgehead atoms. The zero-order valence-electron chi connectivity index (χ0n) is 6.32. The molecule has 3 N–H and O–H groups in total. The Hall–Kier alpha value is -1.62. The second kappa shape index (κ2) is 2.78. The molecular weight excluding hydrogens is 156 g/mol. The molecule has 0 radical (unpaired) electrons. The summed E-state index contributed by atoms with van der Waals surface area (Å²) in [6.45, 7) is 0.355. The molecule has 2 rings (SSSR count). The van der Waals surface area contributed by atoms with Crippen molar-refractivity contribution in [1.29, 1.82) is 0 Å². The summed E-state index contributed by atoms with van der Waals surface area (Å²) in [6, 6.07) is 3.58. The summed E-state index contributed by atoms with van der Waals surface area (Å²) >= 11 is 0. The van der Waals surface area contributed by atoms with Crippen LogP contribution in [0.5, 0.6) is 0 Å². The lowest BCUT2D eigenvalue weighted by Crippen LogP contribution is -1.97. The second-order valence-electron chi connectivity index (χ2n) is 2.29. The van der Waals surface area contributed by atoms with E-state index >= 15 is 0 Å². The Balaban J connectivity index is 2.35. The van der Waals surface area contributed by atoms with Crippen LogP contribution >= 0.6 is 0 Å². The fraction of sp³-hybridized carbons (Fsp3) is 0.143. The predicted octanol–water partition coefficient (Wildman–Crippen LogP) is 0.523. The van der Waals surface area contributed by atoms with Crippen molar-refractivity contribution in [3.05, 3.63) is 24.2 Å². The molecule has 2 heterocycles. The molecule has 0 aliphatic heterocycles. The van der Waals surface area contributed by atoms with Crippen molar-refractivity contribution < 1.29 is 4.42 Å². The van der Waals surface area contributed by atoms with Gasteiger partial charge in [0.05, 0.1) is 12.8 Å². The molecule has 0 fully saturated rings. The van der Waals surface area contributed by atoms with Crippen LogP contribution in [0.15, 0.2) is 22.8 Å². The molecule has 0 saturated heterocycles. The number of nitrogens with zero attached hydrogens (tertiary/aromatic N) is 2. The average molecular weight is 164 g/mol. The third-order valence-corrected chi connectivity index (χ3v) is 1.47. The van der Waals surface area contributed by atoms with Gasteiger partial charge in [-0.2, -0.15) is 0 Å².